The number of pyridine rings is 1. The molecule has 0 aliphatic heterocycles. The summed E-state index contributed by atoms with van der Waals surface area (Å²) in [5.41, 5.74) is 1.61. The molecule has 8 heteroatoms. The molecule has 3 rings (SSSR count). The number of rotatable bonds is 6. The van der Waals surface area contributed by atoms with E-state index in [1.807, 2.05) is 31.2 Å². The maximum absolute atomic E-state index is 12.1. The first kappa shape index (κ1) is 17.5. The van der Waals surface area contributed by atoms with Crippen LogP contribution in [0.5, 0.6) is 5.75 Å². The lowest BCUT2D eigenvalue weighted by Gasteiger charge is -2.04. The number of carbonyl (C=O) groups excluding carboxylic acids is 1. The van der Waals surface area contributed by atoms with Crippen LogP contribution < -0.4 is 10.1 Å². The first-order valence-electron chi connectivity index (χ1n) is 7.54. The summed E-state index contributed by atoms with van der Waals surface area (Å²) in [5.74, 6) is 0.563. The largest absolute Gasteiger partial charge is 0.493 e. The van der Waals surface area contributed by atoms with Crippen LogP contribution in [0, 0.1) is 6.92 Å². The fourth-order valence-corrected chi connectivity index (χ4v) is 3.15. The van der Waals surface area contributed by atoms with Gasteiger partial charge in [-0.1, -0.05) is 23.5 Å². The molecule has 0 atom stereocenters. The molecule has 0 spiro atoms. The van der Waals surface area contributed by atoms with Crippen molar-refractivity contribution >= 4 is 38.3 Å². The van der Waals surface area contributed by atoms with E-state index in [-0.39, 0.29) is 5.91 Å². The van der Waals surface area contributed by atoms with Crippen molar-refractivity contribution in [1.29, 1.82) is 0 Å². The Morgan fingerprint density at radius 2 is 2.16 bits per heavy atom. The number of hydrogen-bond acceptors (Lipinski definition) is 6. The zero-order valence-electron chi connectivity index (χ0n) is 13.4. The van der Waals surface area contributed by atoms with Gasteiger partial charge in [0.25, 0.3) is 5.91 Å². The molecular formula is C17H15BrN4O2S. The highest BCUT2D eigenvalue weighted by atomic mass is 79.9. The van der Waals surface area contributed by atoms with E-state index >= 15 is 0 Å². The van der Waals surface area contributed by atoms with E-state index in [2.05, 4.69) is 36.4 Å². The van der Waals surface area contributed by atoms with Crippen LogP contribution in [0.3, 0.4) is 0 Å². The normalized spacial score (nSPS) is 10.5. The van der Waals surface area contributed by atoms with E-state index in [9.17, 15) is 4.79 Å². The quantitative estimate of drug-likeness (QED) is 0.656. The average Bonchev–Trinajstić information content (AvgIpc) is 3.02. The van der Waals surface area contributed by atoms with Gasteiger partial charge in [-0.05, 0) is 46.6 Å². The van der Waals surface area contributed by atoms with Gasteiger partial charge >= 0.3 is 0 Å². The van der Waals surface area contributed by atoms with Crippen LogP contribution in [0.25, 0.3) is 0 Å². The summed E-state index contributed by atoms with van der Waals surface area (Å²) in [6.07, 6.45) is 3.74. The van der Waals surface area contributed by atoms with E-state index in [1.54, 1.807) is 12.3 Å². The van der Waals surface area contributed by atoms with Crippen molar-refractivity contribution in [2.24, 2.45) is 0 Å². The zero-order chi connectivity index (χ0) is 17.6. The van der Waals surface area contributed by atoms with Gasteiger partial charge in [0.1, 0.15) is 10.8 Å². The Kier molecular flexibility index (Phi) is 5.72. The molecule has 0 saturated heterocycles. The van der Waals surface area contributed by atoms with Gasteiger partial charge < -0.3 is 4.74 Å². The fourth-order valence-electron chi connectivity index (χ4n) is 2.07. The van der Waals surface area contributed by atoms with Crippen LogP contribution >= 0.6 is 27.3 Å². The monoisotopic (exact) mass is 418 g/mol. The van der Waals surface area contributed by atoms with Crippen LogP contribution in [-0.4, -0.2) is 27.7 Å². The molecule has 2 aromatic heterocycles. The molecule has 128 valence electrons. The third-order valence-corrected chi connectivity index (χ3v) is 4.56. The lowest BCUT2D eigenvalue weighted by molar-refractivity contribution is 0.102. The summed E-state index contributed by atoms with van der Waals surface area (Å²) < 4.78 is 6.44. The van der Waals surface area contributed by atoms with Gasteiger partial charge in [-0.25, -0.2) is 0 Å². The summed E-state index contributed by atoms with van der Waals surface area (Å²) in [5, 5.41) is 12.1. The SMILES string of the molecule is Cc1cccc(OCCc2nnc(NC(=O)c3cncc(Br)c3)s2)c1. The molecule has 0 saturated carbocycles. The molecule has 3 aromatic rings. The maximum atomic E-state index is 12.1. The van der Waals surface area contributed by atoms with Crippen molar-refractivity contribution in [2.75, 3.05) is 11.9 Å². The van der Waals surface area contributed by atoms with Gasteiger partial charge in [0.2, 0.25) is 5.13 Å². The Hall–Kier alpha value is -2.32. The van der Waals surface area contributed by atoms with Crippen molar-refractivity contribution in [3.05, 3.63) is 63.3 Å². The molecule has 0 radical (unpaired) electrons. The molecule has 2 heterocycles. The number of benzene rings is 1. The van der Waals surface area contributed by atoms with Gasteiger partial charge in [0, 0.05) is 23.3 Å². The third kappa shape index (κ3) is 5.07. The fraction of sp³-hybridized carbons (Fsp3) is 0.176. The summed E-state index contributed by atoms with van der Waals surface area (Å²) in [6, 6.07) is 9.58. The summed E-state index contributed by atoms with van der Waals surface area (Å²) >= 11 is 4.62. The number of nitrogens with zero attached hydrogens (tertiary/aromatic N) is 3. The van der Waals surface area contributed by atoms with Crippen molar-refractivity contribution in [3.8, 4) is 5.75 Å². The molecule has 6 nitrogen and oxygen atoms in total. The second-order valence-electron chi connectivity index (χ2n) is 5.26. The minimum absolute atomic E-state index is 0.271. The Balaban J connectivity index is 1.53. The summed E-state index contributed by atoms with van der Waals surface area (Å²) in [4.78, 5) is 16.1. The van der Waals surface area contributed by atoms with E-state index in [1.165, 1.54) is 17.5 Å². The highest BCUT2D eigenvalue weighted by Gasteiger charge is 2.11. The number of aromatic nitrogens is 3. The van der Waals surface area contributed by atoms with Crippen LogP contribution in [-0.2, 0) is 6.42 Å². The second kappa shape index (κ2) is 8.17. The molecule has 0 bridgehead atoms. The van der Waals surface area contributed by atoms with Crippen molar-refractivity contribution in [1.82, 2.24) is 15.2 Å². The summed E-state index contributed by atoms with van der Waals surface area (Å²) in [6.45, 7) is 2.52. The molecular weight excluding hydrogens is 404 g/mol. The van der Waals surface area contributed by atoms with E-state index in [0.29, 0.717) is 23.7 Å². The average molecular weight is 419 g/mol. The second-order valence-corrected chi connectivity index (χ2v) is 7.24. The number of carbonyl (C=O) groups is 1. The van der Waals surface area contributed by atoms with Gasteiger partial charge in [0.05, 0.1) is 12.2 Å². The van der Waals surface area contributed by atoms with Gasteiger partial charge in [-0.15, -0.1) is 10.2 Å². The topological polar surface area (TPSA) is 77.0 Å². The number of aryl methyl sites for hydroxylation is 1. The van der Waals surface area contributed by atoms with Gasteiger partial charge in [-0.2, -0.15) is 0 Å². The van der Waals surface area contributed by atoms with E-state index in [4.69, 9.17) is 4.74 Å². The standard InChI is InChI=1S/C17H15BrN4O2S/c1-11-3-2-4-14(7-11)24-6-5-15-21-22-17(25-15)20-16(23)12-8-13(18)10-19-9-12/h2-4,7-10H,5-6H2,1H3,(H,20,22,23). The Morgan fingerprint density at radius 1 is 1.28 bits per heavy atom. The van der Waals surface area contributed by atoms with Crippen molar-refractivity contribution < 1.29 is 9.53 Å². The molecule has 1 amide bonds. The zero-order valence-corrected chi connectivity index (χ0v) is 15.8. The van der Waals surface area contributed by atoms with E-state index in [0.717, 1.165) is 20.8 Å². The van der Waals surface area contributed by atoms with E-state index < -0.39 is 0 Å². The minimum atomic E-state index is -0.271. The molecule has 0 unspecified atom stereocenters. The lowest BCUT2D eigenvalue weighted by Crippen LogP contribution is -2.11. The molecule has 1 N–H and O–H groups in total. The first-order chi connectivity index (χ1) is 12.1. The number of halogens is 1. The smallest absolute Gasteiger partial charge is 0.259 e. The lowest BCUT2D eigenvalue weighted by atomic mass is 10.2. The van der Waals surface area contributed by atoms with Gasteiger partial charge in [0.15, 0.2) is 0 Å². The van der Waals surface area contributed by atoms with Gasteiger partial charge in [-0.3, -0.25) is 15.1 Å². The van der Waals surface area contributed by atoms with Crippen molar-refractivity contribution in [3.63, 3.8) is 0 Å². The van der Waals surface area contributed by atoms with Crippen LogP contribution in [0.2, 0.25) is 0 Å². The minimum Gasteiger partial charge on any atom is -0.493 e. The van der Waals surface area contributed by atoms with Crippen LogP contribution in [0.1, 0.15) is 20.9 Å². The van der Waals surface area contributed by atoms with Crippen molar-refractivity contribution in [2.45, 2.75) is 13.3 Å². The number of anilines is 1. The Labute approximate surface area is 157 Å². The third-order valence-electron chi connectivity index (χ3n) is 3.23. The molecule has 0 aliphatic rings. The molecule has 0 fully saturated rings. The molecule has 0 aliphatic carbocycles. The summed E-state index contributed by atoms with van der Waals surface area (Å²) in [7, 11) is 0. The number of ether oxygens (including phenoxy) is 1. The highest BCUT2D eigenvalue weighted by Crippen LogP contribution is 2.18. The predicted molar refractivity (Wildman–Crippen MR) is 100 cm³/mol. The molecule has 25 heavy (non-hydrogen) atoms. The number of hydrogen-bond donors (Lipinski definition) is 1. The maximum Gasteiger partial charge on any atom is 0.259 e. The highest BCUT2D eigenvalue weighted by molar-refractivity contribution is 9.10. The Morgan fingerprint density at radius 3 is 2.96 bits per heavy atom. The first-order valence-corrected chi connectivity index (χ1v) is 9.15. The number of nitrogens with one attached hydrogen (secondary N) is 1. The Bertz CT molecular complexity index is 884. The predicted octanol–water partition coefficient (Wildman–Crippen LogP) is 3.88. The number of amides is 1. The molecule has 1 aromatic carbocycles. The van der Waals surface area contributed by atoms with Crippen LogP contribution in [0.4, 0.5) is 5.13 Å². The van der Waals surface area contributed by atoms with Crippen LogP contribution in [0.15, 0.2) is 47.2 Å².